The molecule has 0 bridgehead atoms. The molecule has 9 heteroatoms. The van der Waals surface area contributed by atoms with Crippen molar-refractivity contribution in [2.75, 3.05) is 42.9 Å². The Labute approximate surface area is 226 Å². The van der Waals surface area contributed by atoms with Crippen molar-refractivity contribution in [2.24, 2.45) is 0 Å². The second-order valence-electron chi connectivity index (χ2n) is 11.6. The van der Waals surface area contributed by atoms with Crippen LogP contribution in [0.1, 0.15) is 77.7 Å². The zero-order valence-electron chi connectivity index (χ0n) is 23.2. The standard InChI is InChI=1S/C24H37N3O3.C5H7NO2/c1-24(2,3)30-23(28)27-16-11-19(12-17-27)29-18-9-14-26(15-10-18)22-8-4-7-21-20(22)6-5-13-25-21;7-4-2-1-3-5(8)6-4/h4,7-8,18-19,25H,5-6,9-17H2,1-3H3;1-3H2,(H,6,7,8). The third-order valence-electron chi connectivity index (χ3n) is 7.42. The van der Waals surface area contributed by atoms with Gasteiger partial charge in [0.25, 0.3) is 0 Å². The van der Waals surface area contributed by atoms with Gasteiger partial charge in [-0.2, -0.15) is 0 Å². The number of carbonyl (C=O) groups is 3. The van der Waals surface area contributed by atoms with E-state index >= 15 is 0 Å². The van der Waals surface area contributed by atoms with Gasteiger partial charge in [-0.05, 0) is 83.4 Å². The van der Waals surface area contributed by atoms with Crippen LogP contribution < -0.4 is 15.5 Å². The number of carbonyl (C=O) groups excluding carboxylic acids is 3. The minimum Gasteiger partial charge on any atom is -0.444 e. The lowest BCUT2D eigenvalue weighted by Gasteiger charge is -2.39. The number of ether oxygens (including phenoxy) is 2. The summed E-state index contributed by atoms with van der Waals surface area (Å²) in [5, 5.41) is 5.74. The van der Waals surface area contributed by atoms with E-state index in [-0.39, 0.29) is 24.0 Å². The van der Waals surface area contributed by atoms with Crippen LogP contribution in [0.5, 0.6) is 0 Å². The highest BCUT2D eigenvalue weighted by atomic mass is 16.6. The number of anilines is 2. The minimum absolute atomic E-state index is 0.138. The molecule has 210 valence electrons. The molecule has 0 aromatic heterocycles. The monoisotopic (exact) mass is 528 g/mol. The summed E-state index contributed by atoms with van der Waals surface area (Å²) in [6.45, 7) is 10.4. The molecular weight excluding hydrogens is 484 g/mol. The molecule has 0 radical (unpaired) electrons. The maximum atomic E-state index is 12.2. The van der Waals surface area contributed by atoms with Crippen LogP contribution in [-0.4, -0.2) is 73.3 Å². The third-order valence-corrected chi connectivity index (χ3v) is 7.42. The molecule has 4 aliphatic rings. The Hall–Kier alpha value is -2.81. The number of benzene rings is 1. The summed E-state index contributed by atoms with van der Waals surface area (Å²) in [5.74, 6) is -0.275. The molecule has 5 rings (SSSR count). The van der Waals surface area contributed by atoms with Crippen molar-refractivity contribution in [1.82, 2.24) is 10.2 Å². The highest BCUT2D eigenvalue weighted by molar-refractivity contribution is 5.97. The number of hydrogen-bond donors (Lipinski definition) is 2. The van der Waals surface area contributed by atoms with Crippen molar-refractivity contribution in [3.05, 3.63) is 23.8 Å². The van der Waals surface area contributed by atoms with Crippen molar-refractivity contribution >= 4 is 29.3 Å². The fourth-order valence-electron chi connectivity index (χ4n) is 5.48. The van der Waals surface area contributed by atoms with Crippen LogP contribution in [0.2, 0.25) is 0 Å². The first kappa shape index (κ1) is 28.2. The average molecular weight is 529 g/mol. The highest BCUT2D eigenvalue weighted by Crippen LogP contribution is 2.33. The predicted molar refractivity (Wildman–Crippen MR) is 147 cm³/mol. The van der Waals surface area contributed by atoms with Crippen LogP contribution in [0, 0.1) is 0 Å². The van der Waals surface area contributed by atoms with Gasteiger partial charge < -0.3 is 24.6 Å². The zero-order valence-corrected chi connectivity index (χ0v) is 23.2. The Bertz CT molecular complexity index is 962. The summed E-state index contributed by atoms with van der Waals surface area (Å²) in [4.78, 5) is 37.3. The van der Waals surface area contributed by atoms with Gasteiger partial charge in [-0.25, -0.2) is 4.79 Å². The predicted octanol–water partition coefficient (Wildman–Crippen LogP) is 4.24. The normalized spacial score (nSPS) is 21.0. The van der Waals surface area contributed by atoms with Crippen LogP contribution in [0.15, 0.2) is 18.2 Å². The van der Waals surface area contributed by atoms with E-state index in [2.05, 4.69) is 33.7 Å². The van der Waals surface area contributed by atoms with Crippen LogP contribution >= 0.6 is 0 Å². The molecule has 3 saturated heterocycles. The SMILES string of the molecule is CC(C)(C)OC(=O)N1CCC(OC2CCN(c3cccc4c3CCCN4)CC2)CC1.O=C1CCCC(=O)N1. The fraction of sp³-hybridized carbons (Fsp3) is 0.690. The molecule has 0 aliphatic carbocycles. The molecule has 9 nitrogen and oxygen atoms in total. The summed E-state index contributed by atoms with van der Waals surface area (Å²) in [6, 6.07) is 6.66. The number of fused-ring (bicyclic) bond motifs is 1. The number of hydrogen-bond acceptors (Lipinski definition) is 7. The van der Waals surface area contributed by atoms with Gasteiger partial charge in [0.15, 0.2) is 0 Å². The summed E-state index contributed by atoms with van der Waals surface area (Å²) < 4.78 is 11.9. The van der Waals surface area contributed by atoms with Crippen LogP contribution in [0.4, 0.5) is 16.2 Å². The molecule has 4 heterocycles. The van der Waals surface area contributed by atoms with Crippen LogP contribution in [-0.2, 0) is 25.5 Å². The first-order chi connectivity index (χ1) is 18.2. The molecule has 2 N–H and O–H groups in total. The third kappa shape index (κ3) is 8.09. The molecule has 1 aromatic rings. The van der Waals surface area contributed by atoms with E-state index in [0.717, 1.165) is 58.4 Å². The molecule has 4 aliphatic heterocycles. The van der Waals surface area contributed by atoms with Gasteiger partial charge in [0.2, 0.25) is 11.8 Å². The van der Waals surface area contributed by atoms with Crippen molar-refractivity contribution in [3.8, 4) is 0 Å². The van der Waals surface area contributed by atoms with Crippen molar-refractivity contribution in [3.63, 3.8) is 0 Å². The lowest BCUT2D eigenvalue weighted by molar-refractivity contribution is -0.132. The summed E-state index contributed by atoms with van der Waals surface area (Å²) in [6.07, 6.45) is 8.45. The smallest absolute Gasteiger partial charge is 0.410 e. The molecule has 0 spiro atoms. The Kier molecular flexibility index (Phi) is 9.52. The van der Waals surface area contributed by atoms with Crippen LogP contribution in [0.3, 0.4) is 0 Å². The lowest BCUT2D eigenvalue weighted by Crippen LogP contribution is -2.45. The van der Waals surface area contributed by atoms with E-state index in [0.29, 0.717) is 25.4 Å². The summed E-state index contributed by atoms with van der Waals surface area (Å²) in [7, 11) is 0. The van der Waals surface area contributed by atoms with E-state index < -0.39 is 5.60 Å². The average Bonchev–Trinajstić information content (AvgIpc) is 2.88. The van der Waals surface area contributed by atoms with Gasteiger partial charge in [0.05, 0.1) is 12.2 Å². The Morgan fingerprint density at radius 3 is 2.11 bits per heavy atom. The maximum absolute atomic E-state index is 12.2. The van der Waals surface area contributed by atoms with Gasteiger partial charge in [-0.15, -0.1) is 0 Å². The Balaban J connectivity index is 0.000000360. The molecule has 1 aromatic carbocycles. The Morgan fingerprint density at radius 2 is 1.53 bits per heavy atom. The van der Waals surface area contributed by atoms with E-state index in [1.54, 1.807) is 0 Å². The highest BCUT2D eigenvalue weighted by Gasteiger charge is 2.30. The molecular formula is C29H44N4O5. The number of imide groups is 1. The van der Waals surface area contributed by atoms with Crippen LogP contribution in [0.25, 0.3) is 0 Å². The number of rotatable bonds is 3. The number of nitrogens with one attached hydrogen (secondary N) is 2. The second-order valence-corrected chi connectivity index (χ2v) is 11.6. The topological polar surface area (TPSA) is 100 Å². The summed E-state index contributed by atoms with van der Waals surface area (Å²) in [5.41, 5.74) is 3.77. The van der Waals surface area contributed by atoms with E-state index in [9.17, 15) is 14.4 Å². The lowest BCUT2D eigenvalue weighted by atomic mass is 9.98. The van der Waals surface area contributed by atoms with E-state index in [1.165, 1.54) is 29.8 Å². The number of piperidine rings is 3. The van der Waals surface area contributed by atoms with E-state index in [4.69, 9.17) is 9.47 Å². The molecule has 3 amide bonds. The van der Waals surface area contributed by atoms with Gasteiger partial charge >= 0.3 is 6.09 Å². The van der Waals surface area contributed by atoms with Crippen molar-refractivity contribution in [1.29, 1.82) is 0 Å². The zero-order chi connectivity index (χ0) is 27.1. The van der Waals surface area contributed by atoms with E-state index in [1.807, 2.05) is 25.7 Å². The largest absolute Gasteiger partial charge is 0.444 e. The number of nitrogens with zero attached hydrogens (tertiary/aromatic N) is 2. The van der Waals surface area contributed by atoms with Crippen molar-refractivity contribution in [2.45, 2.75) is 96.4 Å². The quantitative estimate of drug-likeness (QED) is 0.566. The molecule has 0 unspecified atom stereocenters. The Morgan fingerprint density at radius 1 is 0.895 bits per heavy atom. The molecule has 38 heavy (non-hydrogen) atoms. The van der Waals surface area contributed by atoms with Gasteiger partial charge in [-0.3, -0.25) is 14.9 Å². The van der Waals surface area contributed by atoms with Gasteiger partial charge in [-0.1, -0.05) is 6.07 Å². The number of amides is 3. The van der Waals surface area contributed by atoms with Gasteiger partial charge in [0, 0.05) is 56.9 Å². The molecule has 0 atom stereocenters. The summed E-state index contributed by atoms with van der Waals surface area (Å²) >= 11 is 0. The number of likely N-dealkylation sites (tertiary alicyclic amines) is 1. The second kappa shape index (κ2) is 12.8. The van der Waals surface area contributed by atoms with Crippen molar-refractivity contribution < 1.29 is 23.9 Å². The fourth-order valence-corrected chi connectivity index (χ4v) is 5.48. The molecule has 0 saturated carbocycles. The first-order valence-electron chi connectivity index (χ1n) is 14.2. The molecule has 3 fully saturated rings. The minimum atomic E-state index is -0.438. The first-order valence-corrected chi connectivity index (χ1v) is 14.2. The van der Waals surface area contributed by atoms with Gasteiger partial charge in [0.1, 0.15) is 5.60 Å². The maximum Gasteiger partial charge on any atom is 0.410 e.